The van der Waals surface area contributed by atoms with Gasteiger partial charge in [0, 0.05) is 103 Å². The van der Waals surface area contributed by atoms with E-state index in [1.54, 1.807) is 91.1 Å². The highest BCUT2D eigenvalue weighted by Crippen LogP contribution is 2.28. The molecule has 41 heteroatoms. The van der Waals surface area contributed by atoms with Crippen molar-refractivity contribution < 1.29 is 96.8 Å². The number of carboxylic acids is 1. The number of thioether (sulfide) groups is 1. The number of benzene rings is 4. The van der Waals surface area contributed by atoms with Gasteiger partial charge in [-0.2, -0.15) is 0 Å². The van der Waals surface area contributed by atoms with Gasteiger partial charge in [-0.3, -0.25) is 86.9 Å². The Bertz CT molecular complexity index is 4770. The van der Waals surface area contributed by atoms with Crippen molar-refractivity contribution in [2.75, 3.05) is 92.6 Å². The highest BCUT2D eigenvalue weighted by atomic mass is 32.2. The van der Waals surface area contributed by atoms with Crippen molar-refractivity contribution in [1.29, 1.82) is 5.41 Å². The fraction of sp³-hybridized carbons (Fsp3) is 0.482. The maximum atomic E-state index is 15.6. The van der Waals surface area contributed by atoms with E-state index in [0.717, 1.165) is 43.3 Å². The van der Waals surface area contributed by atoms with Gasteiger partial charge in [-0.15, -0.1) is 11.8 Å². The number of hydrogen-bond donors (Lipinski definition) is 16. The Labute approximate surface area is 732 Å². The van der Waals surface area contributed by atoms with Crippen molar-refractivity contribution in [3.63, 3.8) is 0 Å². The summed E-state index contributed by atoms with van der Waals surface area (Å²) in [7, 11) is 6.24. The minimum Gasteiger partial charge on any atom is -0.508 e. The summed E-state index contributed by atoms with van der Waals surface area (Å²) in [6.45, 7) is 0.805. The van der Waals surface area contributed by atoms with E-state index in [0.29, 0.717) is 33.2 Å². The van der Waals surface area contributed by atoms with Gasteiger partial charge in [0.1, 0.15) is 78.3 Å². The van der Waals surface area contributed by atoms with Crippen LogP contribution in [0.4, 0.5) is 0 Å². The molecule has 4 heterocycles. The van der Waals surface area contributed by atoms with Gasteiger partial charge in [0.2, 0.25) is 94.5 Å². The van der Waals surface area contributed by atoms with Gasteiger partial charge in [0.05, 0.1) is 38.4 Å². The number of rotatable bonds is 19. The number of fused-ring (bicyclic) bond motifs is 3. The lowest BCUT2D eigenvalue weighted by molar-refractivity contribution is -0.149. The molecule has 0 saturated carbocycles. The minimum atomic E-state index is -1.93. The van der Waals surface area contributed by atoms with E-state index in [1.165, 1.54) is 83.0 Å². The number of amides is 16. The number of nitrogens with zero attached hydrogens (tertiary/aromatic N) is 7. The molecule has 18 N–H and O–H groups in total. The zero-order valence-corrected chi connectivity index (χ0v) is 72.4. The molecule has 0 bridgehead atoms. The lowest BCUT2D eigenvalue weighted by Gasteiger charge is -2.35. The highest BCUT2D eigenvalue weighted by Gasteiger charge is 2.46. The van der Waals surface area contributed by atoms with Gasteiger partial charge in [-0.05, 0) is 91.8 Å². The summed E-state index contributed by atoms with van der Waals surface area (Å²) >= 11 is 0.839. The zero-order valence-electron chi connectivity index (χ0n) is 71.6. The predicted octanol–water partition coefficient (Wildman–Crippen LogP) is -3.33. The smallest absolute Gasteiger partial charge is 0.305 e. The first kappa shape index (κ1) is 98.2. The van der Waals surface area contributed by atoms with Gasteiger partial charge < -0.3 is 114 Å². The molecule has 3 aliphatic heterocycles. The van der Waals surface area contributed by atoms with Crippen molar-refractivity contribution >= 4 is 129 Å². The van der Waals surface area contributed by atoms with Crippen LogP contribution < -0.4 is 59.3 Å². The predicted molar refractivity (Wildman–Crippen MR) is 461 cm³/mol. The van der Waals surface area contributed by atoms with Crippen LogP contribution in [-0.2, 0) is 107 Å². The van der Waals surface area contributed by atoms with Crippen LogP contribution in [0.25, 0.3) is 10.9 Å². The number of carboxylic acid groups (broad SMARTS) is 1. The van der Waals surface area contributed by atoms with Crippen LogP contribution in [0, 0.1) is 11.3 Å². The molecule has 0 unspecified atom stereocenters. The van der Waals surface area contributed by atoms with Gasteiger partial charge in [-0.1, -0.05) is 105 Å². The molecule has 12 atom stereocenters. The third-order valence-corrected chi connectivity index (χ3v) is 23.4. The molecule has 4 aromatic carbocycles. The third kappa shape index (κ3) is 27.1. The normalized spacial score (nSPS) is 24.0. The van der Waals surface area contributed by atoms with E-state index < -0.39 is 223 Å². The van der Waals surface area contributed by atoms with E-state index in [4.69, 9.17) is 16.9 Å². The first-order valence-electron chi connectivity index (χ1n) is 41.3. The number of aliphatic carboxylic acids is 1. The molecule has 3 aliphatic rings. The number of nitrogens with one attached hydrogen (secondary N) is 11. The standard InChI is InChI=1S/C85H114N20O20S/c1-48(2)72-84(125)103(8)66(45-106)76(117)92-43-68(109)93-57(26-17-33-89-85(87)88)78(119)101(6)64(37-50-20-11-9-12-21-50)81(122)99(4)44-69(110)94-59(36-52-29-31-54(107)32-30-52)79(120)102(7)65(38-51-22-13-10-14-23-51)83(124)104-34-18-27-62(104)77(118)97-61(74(115)91-42-67(86)108)46-126-47-70(111)95-60(39-53-41-90-56-25-16-15-24-55(53)56)80(121)105-35-19-28-63(105)82(123)100(5)49(3)73(114)96-58(40-71(112)113)75(116)98-72/h9-16,20-25,29-32,41,48-49,57-66,72,90,106-107H,17-19,26-28,33-40,42-47H2,1-8H3,(H2,86,108)(H,91,115)(H,92,117)(H,93,109)(H,94,110)(H,95,111)(H,96,114)(H,97,118)(H,98,116)(H,112,113)(H4,87,88,89)/t49-,57-,58-,59-,60+,61-,62-,63-,64-,65-,66-,72-/m0/s1. The molecule has 3 fully saturated rings. The van der Waals surface area contributed by atoms with Crippen molar-refractivity contribution in [2.45, 2.75) is 164 Å². The van der Waals surface area contributed by atoms with E-state index >= 15 is 24.0 Å². The molecule has 0 spiro atoms. The van der Waals surface area contributed by atoms with E-state index in [-0.39, 0.29) is 95.3 Å². The molecule has 40 nitrogen and oxygen atoms in total. The summed E-state index contributed by atoms with van der Waals surface area (Å²) in [5.74, 6) is -18.3. The van der Waals surface area contributed by atoms with Gasteiger partial charge in [0.25, 0.3) is 0 Å². The Hall–Kier alpha value is -13.2. The zero-order chi connectivity index (χ0) is 92.3. The SMILES string of the molecule is CC(C)[C@@H]1NC(=O)[C@H](CC(=O)O)NC(=O)[C@H](C)N(C)C(=O)[C@@H]2CCCN2C(=O)[C@@H](Cc2c[nH]c3ccccc23)NC(=O)CSC[C@@H](C(=O)NCC(N)=O)NC(=O)[C@@H]2CCCN2C(=O)[C@H](Cc2ccccc2)N(C)C(=O)[C@H](Cc2ccc(O)cc2)NC(=O)CN(C)C(=O)[C@H](Cc2ccccc2)N(C)C(=O)[C@H](CCCNC(=N)N)NC(=O)CNC(=O)[C@H](CO)N(C)C1=O. The molecule has 16 amide bonds. The van der Waals surface area contributed by atoms with E-state index in [2.05, 4.69) is 52.8 Å². The van der Waals surface area contributed by atoms with E-state index in [9.17, 15) is 72.9 Å². The second kappa shape index (κ2) is 46.5. The lowest BCUT2D eigenvalue weighted by atomic mass is 10.00. The van der Waals surface area contributed by atoms with Crippen LogP contribution in [0.3, 0.4) is 0 Å². The number of H-pyrrole nitrogens is 1. The van der Waals surface area contributed by atoms with Crippen LogP contribution in [0.5, 0.6) is 5.75 Å². The highest BCUT2D eigenvalue weighted by molar-refractivity contribution is 8.00. The molecule has 0 aliphatic carbocycles. The van der Waals surface area contributed by atoms with Crippen LogP contribution in [0.2, 0.25) is 0 Å². The number of carbonyl (C=O) groups is 17. The number of aliphatic hydroxyl groups excluding tert-OH is 1. The van der Waals surface area contributed by atoms with Crippen LogP contribution >= 0.6 is 11.8 Å². The maximum Gasteiger partial charge on any atom is 0.305 e. The third-order valence-electron chi connectivity index (χ3n) is 22.4. The molecular formula is C85H114N20O20S. The molecule has 1 aromatic heterocycles. The number of aliphatic hydroxyl groups is 1. The second-order valence-corrected chi connectivity index (χ2v) is 32.8. The average Bonchev–Trinajstić information content (AvgIpc) is 1.62. The van der Waals surface area contributed by atoms with Crippen LogP contribution in [-0.4, -0.2) is 326 Å². The molecule has 8 rings (SSSR count). The number of hydrogen-bond acceptors (Lipinski definition) is 21. The van der Waals surface area contributed by atoms with Gasteiger partial charge >= 0.3 is 5.97 Å². The average molecular weight is 1770 g/mol. The number of carbonyl (C=O) groups excluding carboxylic acids is 16. The minimum absolute atomic E-state index is 0.00664. The summed E-state index contributed by atoms with van der Waals surface area (Å²) in [6.07, 6.45) is 0.365. The van der Waals surface area contributed by atoms with Gasteiger partial charge in [0.15, 0.2) is 5.96 Å². The first-order chi connectivity index (χ1) is 59.9. The molecular weight excluding hydrogens is 1650 g/mol. The number of nitrogens with two attached hydrogens (primary N) is 2. The number of aromatic amines is 1. The summed E-state index contributed by atoms with van der Waals surface area (Å²) in [5, 5.41) is 62.5. The molecule has 5 aromatic rings. The Morgan fingerprint density at radius 2 is 1.11 bits per heavy atom. The molecule has 0 radical (unpaired) electrons. The Morgan fingerprint density at radius 1 is 0.556 bits per heavy atom. The number of guanidine groups is 1. The Balaban J connectivity index is 1.15. The number of aromatic hydroxyl groups is 1. The van der Waals surface area contributed by atoms with E-state index in [1.807, 2.05) is 0 Å². The summed E-state index contributed by atoms with van der Waals surface area (Å²) in [4.78, 5) is 256. The van der Waals surface area contributed by atoms with Crippen LogP contribution in [0.15, 0.2) is 115 Å². The summed E-state index contributed by atoms with van der Waals surface area (Å²) < 4.78 is 0. The first-order valence-corrected chi connectivity index (χ1v) is 42.5. The molecule has 3 saturated heterocycles. The monoisotopic (exact) mass is 1770 g/mol. The van der Waals surface area contributed by atoms with Crippen molar-refractivity contribution in [3.8, 4) is 5.75 Å². The lowest BCUT2D eigenvalue weighted by Crippen LogP contribution is -2.61. The number of likely N-dealkylation sites (N-methyl/N-ethyl adjacent to an activating group) is 5. The number of phenols is 1. The topological polar surface area (TPSA) is 574 Å². The number of primary amides is 1. The number of aromatic nitrogens is 1. The molecule has 680 valence electrons. The Kier molecular flexibility index (Phi) is 36.2. The summed E-state index contributed by atoms with van der Waals surface area (Å²) in [6, 6.07) is 11.7. The maximum absolute atomic E-state index is 15.6. The largest absolute Gasteiger partial charge is 0.508 e. The summed E-state index contributed by atoms with van der Waals surface area (Å²) in [5.41, 5.74) is 13.8. The molecule has 126 heavy (non-hydrogen) atoms. The quantitative estimate of drug-likeness (QED) is 0.0218. The second-order valence-electron chi connectivity index (χ2n) is 31.8. The van der Waals surface area contributed by atoms with Crippen molar-refractivity contribution in [3.05, 3.63) is 138 Å². The van der Waals surface area contributed by atoms with Crippen LogP contribution in [0.1, 0.15) is 88.0 Å². The number of para-hydroxylation sites is 1. The van der Waals surface area contributed by atoms with Crippen molar-refractivity contribution in [1.82, 2.24) is 87.1 Å². The fourth-order valence-corrected chi connectivity index (χ4v) is 16.0. The Morgan fingerprint density at radius 3 is 1.71 bits per heavy atom. The van der Waals surface area contributed by atoms with Crippen molar-refractivity contribution in [2.24, 2.45) is 17.4 Å². The fourth-order valence-electron chi connectivity index (χ4n) is 15.2. The van der Waals surface area contributed by atoms with Gasteiger partial charge in [-0.25, -0.2) is 0 Å². The number of phenolic OH excluding ortho intramolecular Hbond substituents is 1.